The van der Waals surface area contributed by atoms with Crippen molar-refractivity contribution >= 4 is 17.7 Å². The van der Waals surface area contributed by atoms with E-state index in [4.69, 9.17) is 0 Å². The first-order chi connectivity index (χ1) is 16.1. The largest absolute Gasteiger partial charge is 0.322 e. The van der Waals surface area contributed by atoms with Crippen molar-refractivity contribution in [1.29, 1.82) is 0 Å². The Labute approximate surface area is 195 Å². The van der Waals surface area contributed by atoms with Gasteiger partial charge in [-0.15, -0.1) is 0 Å². The molecule has 0 bridgehead atoms. The number of nitrogens with one attached hydrogen (secondary N) is 2. The van der Waals surface area contributed by atoms with Crippen molar-refractivity contribution in [3.63, 3.8) is 0 Å². The molecule has 0 saturated carbocycles. The molecule has 1 unspecified atom stereocenters. The van der Waals surface area contributed by atoms with Crippen LogP contribution in [0, 0.1) is 5.92 Å². The predicted octanol–water partition coefficient (Wildman–Crippen LogP) is 0.955. The highest BCUT2D eigenvalue weighted by atomic mass is 16.2. The van der Waals surface area contributed by atoms with Gasteiger partial charge in [-0.25, -0.2) is 0 Å². The summed E-state index contributed by atoms with van der Waals surface area (Å²) in [5.74, 6) is 0.177. The van der Waals surface area contributed by atoms with E-state index in [2.05, 4.69) is 26.5 Å². The number of hydrogen-bond donors (Lipinski definition) is 2. The molecule has 0 spiro atoms. The molecule has 8 nitrogen and oxygen atoms in total. The summed E-state index contributed by atoms with van der Waals surface area (Å²) < 4.78 is 0. The zero-order chi connectivity index (χ0) is 22.8. The number of carbonyl (C=O) groups excluding carboxylic acids is 3. The average molecular weight is 454 g/mol. The lowest BCUT2D eigenvalue weighted by molar-refractivity contribution is -0.136. The minimum absolute atomic E-state index is 0.0934. The highest BCUT2D eigenvalue weighted by molar-refractivity contribution is 6.05. The van der Waals surface area contributed by atoms with Crippen LogP contribution < -0.4 is 10.6 Å². The summed E-state index contributed by atoms with van der Waals surface area (Å²) in [7, 11) is 0. The molecule has 2 N–H and O–H groups in total. The molecule has 3 fully saturated rings. The van der Waals surface area contributed by atoms with Gasteiger partial charge in [0.2, 0.25) is 11.8 Å². The second-order valence-corrected chi connectivity index (χ2v) is 9.94. The van der Waals surface area contributed by atoms with Gasteiger partial charge in [0.15, 0.2) is 0 Å². The van der Waals surface area contributed by atoms with E-state index in [0.717, 1.165) is 44.2 Å². The van der Waals surface area contributed by atoms with Gasteiger partial charge in [0.25, 0.3) is 5.91 Å². The Kier molecular flexibility index (Phi) is 6.76. The number of fused-ring (bicyclic) bond motifs is 1. The summed E-state index contributed by atoms with van der Waals surface area (Å²) in [5, 5.41) is 5.83. The van der Waals surface area contributed by atoms with Crippen LogP contribution in [-0.4, -0.2) is 84.3 Å². The van der Waals surface area contributed by atoms with Crippen molar-refractivity contribution < 1.29 is 14.4 Å². The number of imide groups is 1. The Morgan fingerprint density at radius 1 is 0.939 bits per heavy atom. The summed E-state index contributed by atoms with van der Waals surface area (Å²) in [6.45, 7) is 9.11. The minimum atomic E-state index is -0.557. The van der Waals surface area contributed by atoms with E-state index in [1.54, 1.807) is 4.90 Å². The summed E-state index contributed by atoms with van der Waals surface area (Å²) in [4.78, 5) is 43.6. The molecule has 4 heterocycles. The van der Waals surface area contributed by atoms with Gasteiger partial charge in [0, 0.05) is 51.3 Å². The summed E-state index contributed by atoms with van der Waals surface area (Å²) >= 11 is 0. The normalized spacial score (nSPS) is 25.4. The molecule has 0 aromatic heterocycles. The smallest absolute Gasteiger partial charge is 0.255 e. The molecule has 0 aliphatic carbocycles. The summed E-state index contributed by atoms with van der Waals surface area (Å²) in [5.41, 5.74) is 2.93. The van der Waals surface area contributed by atoms with Crippen LogP contribution in [0.5, 0.6) is 0 Å². The number of benzene rings is 1. The number of rotatable bonds is 6. The number of amides is 3. The number of hydrogen-bond acceptors (Lipinski definition) is 6. The van der Waals surface area contributed by atoms with E-state index >= 15 is 0 Å². The maximum absolute atomic E-state index is 13.0. The monoisotopic (exact) mass is 453 g/mol. The zero-order valence-electron chi connectivity index (χ0n) is 19.4. The van der Waals surface area contributed by atoms with E-state index < -0.39 is 6.04 Å². The third-order valence-corrected chi connectivity index (χ3v) is 7.85. The van der Waals surface area contributed by atoms with Crippen LogP contribution in [0.1, 0.15) is 53.6 Å². The van der Waals surface area contributed by atoms with Crippen LogP contribution in [-0.2, 0) is 22.7 Å². The van der Waals surface area contributed by atoms with Gasteiger partial charge < -0.3 is 15.1 Å². The molecule has 3 saturated heterocycles. The van der Waals surface area contributed by atoms with Crippen molar-refractivity contribution in [1.82, 2.24) is 25.3 Å². The standard InChI is InChI=1S/C25H35N5O3/c31-23-5-4-22(24(32)27-23)30-17-21-19(2-1-3-20(21)25(30)33)16-29-14-12-28(13-15-29)11-8-18-6-9-26-10-7-18/h1-3,18,22,26H,4-17H2,(H,27,31,32). The Hall–Kier alpha value is -2.29. The van der Waals surface area contributed by atoms with Crippen LogP contribution in [0.4, 0.5) is 0 Å². The molecule has 1 atom stereocenters. The van der Waals surface area contributed by atoms with E-state index in [1.807, 2.05) is 12.1 Å². The zero-order valence-corrected chi connectivity index (χ0v) is 19.4. The lowest BCUT2D eigenvalue weighted by atomic mass is 9.94. The fourth-order valence-corrected chi connectivity index (χ4v) is 5.75. The van der Waals surface area contributed by atoms with Gasteiger partial charge in [-0.3, -0.25) is 24.6 Å². The Morgan fingerprint density at radius 3 is 2.45 bits per heavy atom. The summed E-state index contributed by atoms with van der Waals surface area (Å²) in [6.07, 6.45) is 4.62. The molecule has 1 aromatic rings. The maximum Gasteiger partial charge on any atom is 0.255 e. The summed E-state index contributed by atoms with van der Waals surface area (Å²) in [6, 6.07) is 5.38. The van der Waals surface area contributed by atoms with Crippen LogP contribution >= 0.6 is 0 Å². The average Bonchev–Trinajstić information content (AvgIpc) is 3.16. The molecule has 33 heavy (non-hydrogen) atoms. The topological polar surface area (TPSA) is 85.0 Å². The van der Waals surface area contributed by atoms with Gasteiger partial charge in [0.05, 0.1) is 0 Å². The third kappa shape index (κ3) is 4.98. The highest BCUT2D eigenvalue weighted by Crippen LogP contribution is 2.30. The number of carbonyl (C=O) groups is 3. The van der Waals surface area contributed by atoms with Crippen molar-refractivity contribution in [3.8, 4) is 0 Å². The number of piperidine rings is 2. The number of piperazine rings is 1. The molecule has 4 aliphatic heterocycles. The quantitative estimate of drug-likeness (QED) is 0.624. The van der Waals surface area contributed by atoms with Gasteiger partial charge >= 0.3 is 0 Å². The molecule has 0 radical (unpaired) electrons. The molecule has 3 amide bonds. The van der Waals surface area contributed by atoms with Gasteiger partial charge in [-0.1, -0.05) is 12.1 Å². The highest BCUT2D eigenvalue weighted by Gasteiger charge is 2.39. The molecule has 4 aliphatic rings. The first-order valence-electron chi connectivity index (χ1n) is 12.5. The Morgan fingerprint density at radius 2 is 1.70 bits per heavy atom. The van der Waals surface area contributed by atoms with Crippen molar-refractivity contribution in [3.05, 3.63) is 34.9 Å². The molecule has 8 heteroatoms. The third-order valence-electron chi connectivity index (χ3n) is 7.85. The van der Waals surface area contributed by atoms with Crippen LogP contribution in [0.2, 0.25) is 0 Å². The van der Waals surface area contributed by atoms with Gasteiger partial charge in [-0.2, -0.15) is 0 Å². The maximum atomic E-state index is 13.0. The molecule has 1 aromatic carbocycles. The van der Waals surface area contributed by atoms with E-state index in [-0.39, 0.29) is 24.1 Å². The van der Waals surface area contributed by atoms with Crippen molar-refractivity contribution in [2.24, 2.45) is 5.92 Å². The fourth-order valence-electron chi connectivity index (χ4n) is 5.75. The fraction of sp³-hybridized carbons (Fsp3) is 0.640. The van der Waals surface area contributed by atoms with Crippen molar-refractivity contribution in [2.45, 2.75) is 51.2 Å². The van der Waals surface area contributed by atoms with Crippen LogP contribution in [0.3, 0.4) is 0 Å². The second kappa shape index (κ2) is 9.91. The minimum Gasteiger partial charge on any atom is -0.322 e. The van der Waals surface area contributed by atoms with Crippen LogP contribution in [0.25, 0.3) is 0 Å². The molecular weight excluding hydrogens is 418 g/mol. The molecule has 5 rings (SSSR count). The second-order valence-electron chi connectivity index (χ2n) is 9.94. The lowest BCUT2D eigenvalue weighted by Crippen LogP contribution is -2.52. The van der Waals surface area contributed by atoms with Gasteiger partial charge in [0.1, 0.15) is 6.04 Å². The Bertz CT molecular complexity index is 905. The predicted molar refractivity (Wildman–Crippen MR) is 124 cm³/mol. The van der Waals surface area contributed by atoms with Crippen molar-refractivity contribution in [2.75, 3.05) is 45.8 Å². The van der Waals surface area contributed by atoms with E-state index in [0.29, 0.717) is 18.5 Å². The molecular formula is C25H35N5O3. The number of nitrogens with zero attached hydrogens (tertiary/aromatic N) is 3. The van der Waals surface area contributed by atoms with E-state index in [9.17, 15) is 14.4 Å². The first kappa shape index (κ1) is 22.5. The van der Waals surface area contributed by atoms with Gasteiger partial charge in [-0.05, 0) is 68.4 Å². The Balaban J connectivity index is 1.16. The van der Waals surface area contributed by atoms with Crippen LogP contribution in [0.15, 0.2) is 18.2 Å². The van der Waals surface area contributed by atoms with E-state index in [1.165, 1.54) is 44.5 Å². The lowest BCUT2D eigenvalue weighted by Gasteiger charge is -2.36. The SMILES string of the molecule is O=C1CCC(N2Cc3c(CN4CCN(CCC5CCNCC5)CC4)cccc3C2=O)C(=O)N1. The molecule has 178 valence electrons. The first-order valence-corrected chi connectivity index (χ1v) is 12.5.